The number of rotatable bonds is 4. The third-order valence-electron chi connectivity index (χ3n) is 2.89. The number of pyridine rings is 1. The lowest BCUT2D eigenvalue weighted by Gasteiger charge is -2.17. The Kier molecular flexibility index (Phi) is 3.61. The maximum absolute atomic E-state index is 13.9. The minimum atomic E-state index is -0.319. The molecule has 3 nitrogen and oxygen atoms in total. The summed E-state index contributed by atoms with van der Waals surface area (Å²) >= 11 is 0. The quantitative estimate of drug-likeness (QED) is 0.752. The molecule has 92 valence electrons. The third-order valence-corrected chi connectivity index (χ3v) is 2.89. The first kappa shape index (κ1) is 11.9. The van der Waals surface area contributed by atoms with E-state index in [1.165, 1.54) is 12.3 Å². The van der Waals surface area contributed by atoms with Crippen LogP contribution in [-0.4, -0.2) is 24.7 Å². The molecule has 1 saturated heterocycles. The van der Waals surface area contributed by atoms with Crippen LogP contribution in [0.5, 0.6) is 0 Å². The lowest BCUT2D eigenvalue weighted by atomic mass is 10.2. The number of ether oxygens (including phenoxy) is 1. The van der Waals surface area contributed by atoms with Gasteiger partial charge in [0.1, 0.15) is 17.4 Å². The first-order valence-corrected chi connectivity index (χ1v) is 5.95. The van der Waals surface area contributed by atoms with Gasteiger partial charge >= 0.3 is 0 Å². The Morgan fingerprint density at radius 2 is 2.24 bits per heavy atom. The van der Waals surface area contributed by atoms with Crippen LogP contribution in [0.3, 0.4) is 0 Å². The predicted molar refractivity (Wildman–Crippen MR) is 66.3 cm³/mol. The summed E-state index contributed by atoms with van der Waals surface area (Å²) in [5.74, 6) is 0.721. The van der Waals surface area contributed by atoms with Gasteiger partial charge in [-0.25, -0.2) is 9.37 Å². The van der Waals surface area contributed by atoms with E-state index in [1.807, 2.05) is 6.92 Å². The lowest BCUT2D eigenvalue weighted by molar-refractivity contribution is 0.297. The number of hydrogen-bond donors (Lipinski definition) is 0. The Morgan fingerprint density at radius 3 is 2.82 bits per heavy atom. The molecule has 0 bridgehead atoms. The molecule has 0 radical (unpaired) electrons. The predicted octanol–water partition coefficient (Wildman–Crippen LogP) is 2.83. The van der Waals surface area contributed by atoms with Crippen molar-refractivity contribution in [1.29, 1.82) is 0 Å². The van der Waals surface area contributed by atoms with E-state index in [-0.39, 0.29) is 5.82 Å². The van der Waals surface area contributed by atoms with E-state index < -0.39 is 0 Å². The average Bonchev–Trinajstić information content (AvgIpc) is 2.82. The minimum Gasteiger partial charge on any atom is -0.494 e. The molecule has 4 heteroatoms. The van der Waals surface area contributed by atoms with Crippen LogP contribution < -0.4 is 4.90 Å². The molecule has 1 aliphatic rings. The van der Waals surface area contributed by atoms with Crippen molar-refractivity contribution in [2.45, 2.75) is 19.8 Å². The van der Waals surface area contributed by atoms with Crippen LogP contribution in [-0.2, 0) is 4.74 Å². The van der Waals surface area contributed by atoms with Crippen LogP contribution in [0.4, 0.5) is 10.2 Å². The van der Waals surface area contributed by atoms with Crippen molar-refractivity contribution >= 4 is 11.6 Å². The minimum absolute atomic E-state index is 0.319. The van der Waals surface area contributed by atoms with Gasteiger partial charge in [-0.3, -0.25) is 0 Å². The number of nitrogens with zero attached hydrogens (tertiary/aromatic N) is 2. The second kappa shape index (κ2) is 5.17. The van der Waals surface area contributed by atoms with E-state index in [9.17, 15) is 4.39 Å². The van der Waals surface area contributed by atoms with Gasteiger partial charge in [-0.05, 0) is 19.8 Å². The Bertz CT molecular complexity index is 414. The highest BCUT2D eigenvalue weighted by Crippen LogP contribution is 2.23. The smallest absolute Gasteiger partial charge is 0.139 e. The van der Waals surface area contributed by atoms with E-state index in [4.69, 9.17) is 4.74 Å². The SMILES string of the molecule is C=C(OCC)c1cnc(N2CCCC2)cc1F. The van der Waals surface area contributed by atoms with Gasteiger partial charge in [-0.15, -0.1) is 0 Å². The van der Waals surface area contributed by atoms with Crippen molar-refractivity contribution < 1.29 is 9.13 Å². The van der Waals surface area contributed by atoms with Crippen molar-refractivity contribution in [1.82, 2.24) is 4.98 Å². The van der Waals surface area contributed by atoms with Crippen LogP contribution in [0, 0.1) is 5.82 Å². The highest BCUT2D eigenvalue weighted by Gasteiger charge is 2.16. The van der Waals surface area contributed by atoms with Gasteiger partial charge in [0.15, 0.2) is 0 Å². The number of aromatic nitrogens is 1. The van der Waals surface area contributed by atoms with E-state index in [1.54, 1.807) is 0 Å². The van der Waals surface area contributed by atoms with Crippen LogP contribution in [0.15, 0.2) is 18.8 Å². The Labute approximate surface area is 101 Å². The molecule has 0 atom stereocenters. The summed E-state index contributed by atoms with van der Waals surface area (Å²) in [7, 11) is 0. The summed E-state index contributed by atoms with van der Waals surface area (Å²) in [5, 5.41) is 0. The largest absolute Gasteiger partial charge is 0.494 e. The van der Waals surface area contributed by atoms with Gasteiger partial charge in [0, 0.05) is 25.4 Å². The first-order valence-electron chi connectivity index (χ1n) is 5.95. The molecule has 0 aliphatic carbocycles. The van der Waals surface area contributed by atoms with Crippen molar-refractivity contribution in [2.24, 2.45) is 0 Å². The Morgan fingerprint density at radius 1 is 1.53 bits per heavy atom. The number of anilines is 1. The molecule has 1 aliphatic heterocycles. The maximum Gasteiger partial charge on any atom is 0.139 e. The monoisotopic (exact) mass is 236 g/mol. The second-order valence-corrected chi connectivity index (χ2v) is 4.07. The van der Waals surface area contributed by atoms with Gasteiger partial charge in [-0.2, -0.15) is 0 Å². The molecular formula is C13H17FN2O. The topological polar surface area (TPSA) is 25.4 Å². The molecule has 0 spiro atoms. The maximum atomic E-state index is 13.9. The summed E-state index contributed by atoms with van der Waals surface area (Å²) in [6.45, 7) is 7.92. The van der Waals surface area contributed by atoms with Crippen LogP contribution in [0.25, 0.3) is 5.76 Å². The molecule has 2 heterocycles. The molecule has 17 heavy (non-hydrogen) atoms. The number of hydrogen-bond acceptors (Lipinski definition) is 3. The molecule has 1 aromatic rings. The van der Waals surface area contributed by atoms with Crippen molar-refractivity contribution in [3.63, 3.8) is 0 Å². The molecule has 1 aromatic heterocycles. The lowest BCUT2D eigenvalue weighted by Crippen LogP contribution is -2.19. The van der Waals surface area contributed by atoms with E-state index in [0.717, 1.165) is 25.9 Å². The van der Waals surface area contributed by atoms with Gasteiger partial charge in [0.05, 0.1) is 12.2 Å². The average molecular weight is 236 g/mol. The summed E-state index contributed by atoms with van der Waals surface area (Å²) < 4.78 is 19.1. The summed E-state index contributed by atoms with van der Waals surface area (Å²) in [5.41, 5.74) is 0.342. The summed E-state index contributed by atoms with van der Waals surface area (Å²) in [6.07, 6.45) is 3.80. The van der Waals surface area contributed by atoms with Crippen LogP contribution >= 0.6 is 0 Å². The fourth-order valence-electron chi connectivity index (χ4n) is 2.00. The van der Waals surface area contributed by atoms with Gasteiger partial charge in [-0.1, -0.05) is 6.58 Å². The second-order valence-electron chi connectivity index (χ2n) is 4.07. The first-order chi connectivity index (χ1) is 8.22. The van der Waals surface area contributed by atoms with Gasteiger partial charge in [0.2, 0.25) is 0 Å². The van der Waals surface area contributed by atoms with Crippen LogP contribution in [0.1, 0.15) is 25.3 Å². The van der Waals surface area contributed by atoms with E-state index in [2.05, 4.69) is 16.5 Å². The highest BCUT2D eigenvalue weighted by atomic mass is 19.1. The zero-order chi connectivity index (χ0) is 12.3. The van der Waals surface area contributed by atoms with Gasteiger partial charge < -0.3 is 9.64 Å². The fraction of sp³-hybridized carbons (Fsp3) is 0.462. The molecule has 0 aromatic carbocycles. The standard InChI is InChI=1S/C13H17FN2O/c1-3-17-10(2)11-9-15-13(8-12(11)14)16-6-4-5-7-16/h8-9H,2-7H2,1H3. The molecule has 0 unspecified atom stereocenters. The zero-order valence-corrected chi connectivity index (χ0v) is 10.1. The summed E-state index contributed by atoms with van der Waals surface area (Å²) in [4.78, 5) is 6.36. The third kappa shape index (κ3) is 2.57. The van der Waals surface area contributed by atoms with Crippen LogP contribution in [0.2, 0.25) is 0 Å². The molecule has 0 saturated carbocycles. The fourth-order valence-corrected chi connectivity index (χ4v) is 2.00. The normalized spacial score (nSPS) is 15.1. The Balaban J connectivity index is 2.19. The molecule has 1 fully saturated rings. The molecule has 0 amide bonds. The molecule has 2 rings (SSSR count). The Hall–Kier alpha value is -1.58. The highest BCUT2D eigenvalue weighted by molar-refractivity contribution is 5.59. The van der Waals surface area contributed by atoms with Crippen molar-refractivity contribution in [2.75, 3.05) is 24.6 Å². The molecule has 0 N–H and O–H groups in total. The van der Waals surface area contributed by atoms with Crippen molar-refractivity contribution in [3.05, 3.63) is 30.2 Å². The molecular weight excluding hydrogens is 219 g/mol. The van der Waals surface area contributed by atoms with Gasteiger partial charge in [0.25, 0.3) is 0 Å². The van der Waals surface area contributed by atoms with E-state index >= 15 is 0 Å². The summed E-state index contributed by atoms with van der Waals surface area (Å²) in [6, 6.07) is 1.46. The van der Waals surface area contributed by atoms with E-state index in [0.29, 0.717) is 23.7 Å². The number of halogens is 1. The zero-order valence-electron chi connectivity index (χ0n) is 10.1. The van der Waals surface area contributed by atoms with Crippen molar-refractivity contribution in [3.8, 4) is 0 Å².